The molecule has 0 amide bonds. The Morgan fingerprint density at radius 1 is 0.735 bits per heavy atom. The highest BCUT2D eigenvalue weighted by Gasteiger charge is 2.27. The lowest BCUT2D eigenvalue weighted by molar-refractivity contribution is 0.0984. The monoisotopic (exact) mass is 534 g/mol. The summed E-state index contributed by atoms with van der Waals surface area (Å²) in [6.07, 6.45) is 2.21. The molecule has 0 spiro atoms. The lowest BCUT2D eigenvalue weighted by Crippen LogP contribution is -2.33. The van der Waals surface area contributed by atoms with Crippen LogP contribution in [0.2, 0.25) is 0 Å². The number of anilines is 2. The van der Waals surface area contributed by atoms with Gasteiger partial charge in [-0.2, -0.15) is 0 Å². The van der Waals surface area contributed by atoms with Crippen LogP contribution in [-0.2, 0) is 28.5 Å². The van der Waals surface area contributed by atoms with Crippen LogP contribution in [0.25, 0.3) is 0 Å². The van der Waals surface area contributed by atoms with Crippen LogP contribution in [0.4, 0.5) is 11.4 Å². The van der Waals surface area contributed by atoms with E-state index in [4.69, 9.17) is 25.9 Å². The standard InChI is InChI=1S/C11H15NO3S.C6H7N.C5H9ClO3S.CH4/c13-16(14,11-6-8-15-9-7-11)12-10-4-2-1-3-5-10;7-6-4-2-1-3-5-6;6-10(7,8)5-1-3-9-4-2-5;/h1-5,11-12H,6-9H2;1-5H,7H2;5H,1-4H2;1H4. The first-order chi connectivity index (χ1) is 15.7. The Morgan fingerprint density at radius 2 is 1.15 bits per heavy atom. The lowest BCUT2D eigenvalue weighted by atomic mass is 10.2. The van der Waals surface area contributed by atoms with E-state index in [2.05, 4.69) is 4.72 Å². The minimum atomic E-state index is -3.33. The Morgan fingerprint density at radius 3 is 1.50 bits per heavy atom. The average Bonchev–Trinajstić information content (AvgIpc) is 2.81. The van der Waals surface area contributed by atoms with Gasteiger partial charge in [0.25, 0.3) is 0 Å². The van der Waals surface area contributed by atoms with E-state index >= 15 is 0 Å². The molecule has 2 fully saturated rings. The van der Waals surface area contributed by atoms with E-state index in [1.807, 2.05) is 48.5 Å². The molecular weight excluding hydrogens is 500 g/mol. The quantitative estimate of drug-likeness (QED) is 0.443. The molecule has 0 unspecified atom stereocenters. The van der Waals surface area contributed by atoms with Gasteiger partial charge in [0.05, 0.1) is 10.5 Å². The predicted octanol–water partition coefficient (Wildman–Crippen LogP) is 4.25. The highest BCUT2D eigenvalue weighted by atomic mass is 35.7. The van der Waals surface area contributed by atoms with Gasteiger partial charge in [-0.05, 0) is 49.9 Å². The summed E-state index contributed by atoms with van der Waals surface area (Å²) in [4.78, 5) is 0. The number of para-hydroxylation sites is 2. The third kappa shape index (κ3) is 11.5. The van der Waals surface area contributed by atoms with Gasteiger partial charge in [0, 0.05) is 48.5 Å². The first-order valence-electron chi connectivity index (χ1n) is 10.6. The van der Waals surface area contributed by atoms with Crippen LogP contribution in [0.15, 0.2) is 60.7 Å². The van der Waals surface area contributed by atoms with Crippen LogP contribution in [-0.4, -0.2) is 53.8 Å². The minimum absolute atomic E-state index is 0. The molecule has 2 aromatic carbocycles. The molecule has 0 radical (unpaired) electrons. The van der Waals surface area contributed by atoms with Crippen molar-refractivity contribution in [1.29, 1.82) is 0 Å². The van der Waals surface area contributed by atoms with Crippen LogP contribution in [0, 0.1) is 0 Å². The average molecular weight is 535 g/mol. The van der Waals surface area contributed by atoms with E-state index in [1.54, 1.807) is 12.1 Å². The number of halogens is 1. The van der Waals surface area contributed by atoms with Crippen LogP contribution in [0.1, 0.15) is 33.1 Å². The van der Waals surface area contributed by atoms with E-state index in [1.165, 1.54) is 0 Å². The van der Waals surface area contributed by atoms with E-state index in [0.29, 0.717) is 57.8 Å². The van der Waals surface area contributed by atoms with Gasteiger partial charge in [0.2, 0.25) is 19.1 Å². The Hall–Kier alpha value is -1.85. The molecule has 2 saturated heterocycles. The molecule has 0 aliphatic carbocycles. The van der Waals surface area contributed by atoms with Gasteiger partial charge < -0.3 is 15.2 Å². The van der Waals surface area contributed by atoms with Crippen molar-refractivity contribution >= 4 is 41.1 Å². The highest BCUT2D eigenvalue weighted by molar-refractivity contribution is 8.14. The highest BCUT2D eigenvalue weighted by Crippen LogP contribution is 2.19. The summed E-state index contributed by atoms with van der Waals surface area (Å²) in [6.45, 7) is 2.08. The van der Waals surface area contributed by atoms with Gasteiger partial charge in [-0.1, -0.05) is 43.8 Å². The van der Waals surface area contributed by atoms with Crippen LogP contribution in [0.5, 0.6) is 0 Å². The van der Waals surface area contributed by atoms with Crippen molar-refractivity contribution in [3.05, 3.63) is 60.7 Å². The van der Waals surface area contributed by atoms with Crippen molar-refractivity contribution in [2.75, 3.05) is 36.9 Å². The van der Waals surface area contributed by atoms with E-state index in [9.17, 15) is 16.8 Å². The second-order valence-electron chi connectivity index (χ2n) is 7.52. The molecule has 11 heteroatoms. The van der Waals surface area contributed by atoms with Crippen molar-refractivity contribution in [2.24, 2.45) is 0 Å². The Labute approximate surface area is 208 Å². The fourth-order valence-corrected chi connectivity index (χ4v) is 5.88. The fraction of sp³-hybridized carbons (Fsp3) is 0.478. The van der Waals surface area contributed by atoms with Crippen LogP contribution >= 0.6 is 10.7 Å². The van der Waals surface area contributed by atoms with Gasteiger partial charge in [0.1, 0.15) is 0 Å². The number of benzene rings is 2. The summed E-state index contributed by atoms with van der Waals surface area (Å²) in [7, 11) is -1.47. The Kier molecular flexibility index (Phi) is 13.5. The second-order valence-corrected chi connectivity index (χ2v) is 12.4. The van der Waals surface area contributed by atoms with Crippen molar-refractivity contribution < 1.29 is 26.3 Å². The first kappa shape index (κ1) is 30.2. The minimum Gasteiger partial charge on any atom is -0.399 e. The molecule has 0 aromatic heterocycles. The third-order valence-corrected chi connectivity index (χ3v) is 8.90. The van der Waals surface area contributed by atoms with Gasteiger partial charge in [0.15, 0.2) is 0 Å². The molecule has 0 atom stereocenters. The zero-order chi connectivity index (χ0) is 24.2. The van der Waals surface area contributed by atoms with E-state index in [0.717, 1.165) is 5.69 Å². The van der Waals surface area contributed by atoms with Crippen molar-refractivity contribution in [2.45, 2.75) is 43.6 Å². The Bertz CT molecular complexity index is 1010. The molecule has 8 nitrogen and oxygen atoms in total. The smallest absolute Gasteiger partial charge is 0.235 e. The second kappa shape index (κ2) is 15.2. The van der Waals surface area contributed by atoms with Gasteiger partial charge in [-0.3, -0.25) is 4.72 Å². The van der Waals surface area contributed by atoms with Crippen LogP contribution in [0.3, 0.4) is 0 Å². The maximum atomic E-state index is 12.0. The van der Waals surface area contributed by atoms with Gasteiger partial charge in [-0.15, -0.1) is 0 Å². The summed E-state index contributed by atoms with van der Waals surface area (Å²) in [6, 6.07) is 18.4. The Balaban J connectivity index is 0.000000275. The van der Waals surface area contributed by atoms with Crippen LogP contribution < -0.4 is 10.5 Å². The topological polar surface area (TPSA) is 125 Å². The maximum absolute atomic E-state index is 12.0. The zero-order valence-corrected chi connectivity index (χ0v) is 20.7. The number of nitrogens with one attached hydrogen (secondary N) is 1. The summed E-state index contributed by atoms with van der Waals surface area (Å²) in [5.74, 6) is 0. The van der Waals surface area contributed by atoms with E-state index in [-0.39, 0.29) is 17.9 Å². The molecule has 2 aromatic rings. The number of nitrogens with two attached hydrogens (primary N) is 1. The summed E-state index contributed by atoms with van der Waals surface area (Å²) >= 11 is 0. The first-order valence-corrected chi connectivity index (χ1v) is 14.6. The zero-order valence-electron chi connectivity index (χ0n) is 18.3. The molecule has 192 valence electrons. The van der Waals surface area contributed by atoms with Crippen molar-refractivity contribution in [1.82, 2.24) is 0 Å². The molecule has 4 rings (SSSR count). The van der Waals surface area contributed by atoms with Gasteiger partial charge in [-0.25, -0.2) is 16.8 Å². The number of rotatable bonds is 4. The maximum Gasteiger partial charge on any atom is 0.235 e. The predicted molar refractivity (Wildman–Crippen MR) is 139 cm³/mol. The van der Waals surface area contributed by atoms with Gasteiger partial charge >= 0.3 is 0 Å². The molecule has 3 N–H and O–H groups in total. The number of hydrogen-bond acceptors (Lipinski definition) is 7. The summed E-state index contributed by atoms with van der Waals surface area (Å²) in [5, 5.41) is -0.718. The largest absolute Gasteiger partial charge is 0.399 e. The normalized spacial score (nSPS) is 17.1. The molecule has 2 aliphatic rings. The molecule has 0 bridgehead atoms. The van der Waals surface area contributed by atoms with Crippen molar-refractivity contribution in [3.63, 3.8) is 0 Å². The summed E-state index contributed by atoms with van der Waals surface area (Å²) < 4.78 is 58.1. The van der Waals surface area contributed by atoms with Crippen molar-refractivity contribution in [3.8, 4) is 0 Å². The third-order valence-electron chi connectivity index (χ3n) is 5.01. The number of nitrogen functional groups attached to an aromatic ring is 1. The summed E-state index contributed by atoms with van der Waals surface area (Å²) in [5.41, 5.74) is 6.80. The van der Waals surface area contributed by atoms with E-state index < -0.39 is 19.1 Å². The molecular formula is C23H35ClN2O6S2. The fourth-order valence-electron chi connectivity index (χ4n) is 3.15. The molecule has 2 heterocycles. The number of hydrogen-bond donors (Lipinski definition) is 2. The molecule has 2 aliphatic heterocycles. The molecule has 0 saturated carbocycles. The molecule has 34 heavy (non-hydrogen) atoms. The SMILES string of the molecule is C.Nc1ccccc1.O=S(=O)(Cl)C1CCOCC1.O=S(=O)(Nc1ccccc1)C1CCOCC1. The number of ether oxygens (including phenoxy) is 2. The number of sulfonamides is 1. The lowest BCUT2D eigenvalue weighted by Gasteiger charge is -2.22.